The highest BCUT2D eigenvalue weighted by molar-refractivity contribution is 6.00. The number of aryl methyl sites for hydroxylation is 1. The van der Waals surface area contributed by atoms with Crippen molar-refractivity contribution in [3.8, 4) is 11.5 Å². The Hall–Kier alpha value is -2.87. The lowest BCUT2D eigenvalue weighted by Gasteiger charge is -2.26. The number of nitrogens with zero attached hydrogens (tertiary/aromatic N) is 1. The van der Waals surface area contributed by atoms with E-state index in [1.807, 2.05) is 0 Å². The molecule has 8 heteroatoms. The molecule has 8 nitrogen and oxygen atoms in total. The van der Waals surface area contributed by atoms with Crippen molar-refractivity contribution in [2.45, 2.75) is 32.6 Å². The number of benzene rings is 1. The molecule has 29 heavy (non-hydrogen) atoms. The van der Waals surface area contributed by atoms with Crippen molar-refractivity contribution in [1.29, 1.82) is 0 Å². The van der Waals surface area contributed by atoms with Gasteiger partial charge in [0.1, 0.15) is 12.2 Å². The number of aldehydes is 1. The van der Waals surface area contributed by atoms with Crippen molar-refractivity contribution in [2.75, 3.05) is 33.4 Å². The summed E-state index contributed by atoms with van der Waals surface area (Å²) >= 11 is 0. The lowest BCUT2D eigenvalue weighted by molar-refractivity contribution is -0.131. The molecule has 156 valence electrons. The first-order valence-electron chi connectivity index (χ1n) is 9.64. The second-order valence-electron chi connectivity index (χ2n) is 7.08. The number of hydrogen-bond acceptors (Lipinski definition) is 7. The minimum atomic E-state index is -0.684. The first kappa shape index (κ1) is 20.9. The third-order valence-corrected chi connectivity index (χ3v) is 5.25. The fourth-order valence-electron chi connectivity index (χ4n) is 3.57. The number of carbonyl (C=O) groups excluding carboxylic acids is 2. The molecular formula is C21H25NO7. The Bertz CT molecular complexity index is 973. The van der Waals surface area contributed by atoms with Gasteiger partial charge in [-0.3, -0.25) is 9.59 Å². The third kappa shape index (κ3) is 4.27. The molecule has 0 spiro atoms. The summed E-state index contributed by atoms with van der Waals surface area (Å²) in [6.45, 7) is 3.55. The zero-order chi connectivity index (χ0) is 21.0. The van der Waals surface area contributed by atoms with E-state index in [9.17, 15) is 19.5 Å². The van der Waals surface area contributed by atoms with Gasteiger partial charge in [-0.25, -0.2) is 4.79 Å². The number of phenols is 1. The quantitative estimate of drug-likeness (QED) is 0.429. The molecule has 1 saturated heterocycles. The summed E-state index contributed by atoms with van der Waals surface area (Å²) in [4.78, 5) is 38.5. The van der Waals surface area contributed by atoms with Crippen LogP contribution in [0.15, 0.2) is 15.3 Å². The van der Waals surface area contributed by atoms with E-state index in [2.05, 4.69) is 0 Å². The van der Waals surface area contributed by atoms with Crippen molar-refractivity contribution in [1.82, 2.24) is 4.90 Å². The SMILES string of the molecule is COCCOc1cc2c(C)c(CC(=O)N3CCCCC3)c(=O)oc2c(C=O)c1O. The van der Waals surface area contributed by atoms with Crippen LogP contribution >= 0.6 is 0 Å². The predicted octanol–water partition coefficient (Wildman–Crippen LogP) is 2.20. The Morgan fingerprint density at radius 3 is 2.66 bits per heavy atom. The normalized spacial score (nSPS) is 14.2. The Morgan fingerprint density at radius 2 is 2.00 bits per heavy atom. The van der Waals surface area contributed by atoms with E-state index < -0.39 is 11.4 Å². The number of likely N-dealkylation sites (tertiary alicyclic amines) is 1. The number of fused-ring (bicyclic) bond motifs is 1. The molecule has 2 heterocycles. The van der Waals surface area contributed by atoms with E-state index in [1.54, 1.807) is 11.8 Å². The molecule has 0 atom stereocenters. The molecule has 0 saturated carbocycles. The molecule has 1 aromatic carbocycles. The summed E-state index contributed by atoms with van der Waals surface area (Å²) in [5.41, 5.74) is -0.0899. The fraction of sp³-hybridized carbons (Fsp3) is 0.476. The summed E-state index contributed by atoms with van der Waals surface area (Å²) in [6, 6.07) is 1.51. The van der Waals surface area contributed by atoms with Crippen molar-refractivity contribution < 1.29 is 28.6 Å². The van der Waals surface area contributed by atoms with Gasteiger partial charge in [0.2, 0.25) is 5.91 Å². The highest BCUT2D eigenvalue weighted by Crippen LogP contribution is 2.37. The van der Waals surface area contributed by atoms with Crippen LogP contribution in [0.4, 0.5) is 0 Å². The lowest BCUT2D eigenvalue weighted by atomic mass is 10.00. The number of rotatable bonds is 7. The van der Waals surface area contributed by atoms with Crippen LogP contribution in [0.3, 0.4) is 0 Å². The smallest absolute Gasteiger partial charge is 0.340 e. The van der Waals surface area contributed by atoms with Crippen LogP contribution < -0.4 is 10.4 Å². The molecule has 1 aliphatic heterocycles. The van der Waals surface area contributed by atoms with Gasteiger partial charge in [0.15, 0.2) is 23.4 Å². The highest BCUT2D eigenvalue weighted by Gasteiger charge is 2.23. The van der Waals surface area contributed by atoms with E-state index in [-0.39, 0.29) is 41.4 Å². The third-order valence-electron chi connectivity index (χ3n) is 5.25. The second kappa shape index (κ2) is 9.09. The fourth-order valence-corrected chi connectivity index (χ4v) is 3.57. The van der Waals surface area contributed by atoms with Gasteiger partial charge in [0, 0.05) is 25.6 Å². The lowest BCUT2D eigenvalue weighted by Crippen LogP contribution is -2.37. The van der Waals surface area contributed by atoms with Crippen molar-refractivity contribution >= 4 is 23.2 Å². The van der Waals surface area contributed by atoms with E-state index in [4.69, 9.17) is 13.9 Å². The molecule has 1 N–H and O–H groups in total. The zero-order valence-electron chi connectivity index (χ0n) is 16.7. The first-order valence-corrected chi connectivity index (χ1v) is 9.64. The number of piperidine rings is 1. The highest BCUT2D eigenvalue weighted by atomic mass is 16.5. The number of ether oxygens (including phenoxy) is 2. The van der Waals surface area contributed by atoms with Crippen molar-refractivity contribution in [2.24, 2.45) is 0 Å². The summed E-state index contributed by atoms with van der Waals surface area (Å²) in [6.07, 6.45) is 3.37. The minimum absolute atomic E-state index is 0.0201. The maximum absolute atomic E-state index is 12.6. The molecule has 1 aliphatic rings. The van der Waals surface area contributed by atoms with Crippen LogP contribution in [0.2, 0.25) is 0 Å². The number of aromatic hydroxyl groups is 1. The number of amides is 1. The Balaban J connectivity index is 2.03. The van der Waals surface area contributed by atoms with Crippen LogP contribution in [0.25, 0.3) is 11.0 Å². The Kier molecular flexibility index (Phi) is 6.53. The van der Waals surface area contributed by atoms with E-state index in [0.717, 1.165) is 19.3 Å². The largest absolute Gasteiger partial charge is 0.504 e. The summed E-state index contributed by atoms with van der Waals surface area (Å²) in [7, 11) is 1.52. The molecule has 0 unspecified atom stereocenters. The second-order valence-corrected chi connectivity index (χ2v) is 7.08. The maximum Gasteiger partial charge on any atom is 0.340 e. The van der Waals surface area contributed by atoms with Crippen LogP contribution in [0.5, 0.6) is 11.5 Å². The molecule has 1 aromatic heterocycles. The molecule has 0 bridgehead atoms. The molecule has 1 amide bonds. The van der Waals surface area contributed by atoms with Gasteiger partial charge in [0.05, 0.1) is 18.6 Å². The van der Waals surface area contributed by atoms with Crippen LogP contribution in [-0.2, 0) is 16.0 Å². The van der Waals surface area contributed by atoms with Gasteiger partial charge < -0.3 is 23.9 Å². The van der Waals surface area contributed by atoms with Crippen molar-refractivity contribution in [3.63, 3.8) is 0 Å². The van der Waals surface area contributed by atoms with E-state index in [1.165, 1.54) is 13.2 Å². The average molecular weight is 403 g/mol. The molecule has 2 aromatic rings. The summed E-state index contributed by atoms with van der Waals surface area (Å²) in [5, 5.41) is 10.8. The Morgan fingerprint density at radius 1 is 1.28 bits per heavy atom. The van der Waals surface area contributed by atoms with Crippen LogP contribution in [-0.4, -0.2) is 55.6 Å². The van der Waals surface area contributed by atoms with Gasteiger partial charge in [-0.1, -0.05) is 0 Å². The molecule has 3 rings (SSSR count). The van der Waals surface area contributed by atoms with Crippen molar-refractivity contribution in [3.05, 3.63) is 33.2 Å². The standard InChI is InChI=1S/C21H25NO7/c1-13-14-10-17(28-9-8-27-2)19(25)16(12-23)20(14)29-21(26)15(13)11-18(24)22-6-4-3-5-7-22/h10,12,25H,3-9,11H2,1-2H3. The minimum Gasteiger partial charge on any atom is -0.504 e. The topological polar surface area (TPSA) is 106 Å². The van der Waals surface area contributed by atoms with Gasteiger partial charge in [-0.15, -0.1) is 0 Å². The van der Waals surface area contributed by atoms with Crippen LogP contribution in [0.1, 0.15) is 40.7 Å². The monoisotopic (exact) mass is 403 g/mol. The molecular weight excluding hydrogens is 378 g/mol. The number of methoxy groups -OCH3 is 1. The number of carbonyl (C=O) groups is 2. The maximum atomic E-state index is 12.6. The molecule has 0 radical (unpaired) electrons. The summed E-state index contributed by atoms with van der Waals surface area (Å²) in [5.74, 6) is -0.435. The van der Waals surface area contributed by atoms with E-state index >= 15 is 0 Å². The van der Waals surface area contributed by atoms with Gasteiger partial charge in [-0.05, 0) is 37.8 Å². The molecule has 1 fully saturated rings. The summed E-state index contributed by atoms with van der Waals surface area (Å²) < 4.78 is 15.8. The predicted molar refractivity (Wildman–Crippen MR) is 106 cm³/mol. The number of hydrogen-bond donors (Lipinski definition) is 1. The number of phenolic OH excluding ortho intramolecular Hbond substituents is 1. The van der Waals surface area contributed by atoms with Gasteiger partial charge in [0.25, 0.3) is 0 Å². The average Bonchev–Trinajstić information content (AvgIpc) is 2.73. The van der Waals surface area contributed by atoms with Crippen LogP contribution in [0, 0.1) is 6.92 Å². The van der Waals surface area contributed by atoms with Gasteiger partial charge in [-0.2, -0.15) is 0 Å². The zero-order valence-corrected chi connectivity index (χ0v) is 16.7. The van der Waals surface area contributed by atoms with E-state index in [0.29, 0.717) is 36.9 Å². The first-order chi connectivity index (χ1) is 14.0. The molecule has 0 aliphatic carbocycles. The Labute approximate surface area is 168 Å². The van der Waals surface area contributed by atoms with Gasteiger partial charge >= 0.3 is 5.63 Å².